The van der Waals surface area contributed by atoms with Crippen molar-refractivity contribution in [3.8, 4) is 5.69 Å². The summed E-state index contributed by atoms with van der Waals surface area (Å²) in [5.41, 5.74) is 3.11. The van der Waals surface area contributed by atoms with E-state index in [2.05, 4.69) is 19.2 Å². The monoisotopic (exact) mass is 412 g/mol. The second-order valence-electron chi connectivity index (χ2n) is 7.24. The third kappa shape index (κ3) is 2.97. The van der Waals surface area contributed by atoms with Crippen LogP contribution in [-0.2, 0) is 0 Å². The molecule has 1 N–H and O–H groups in total. The van der Waals surface area contributed by atoms with Gasteiger partial charge in [-0.2, -0.15) is 0 Å². The average molecular weight is 413 g/mol. The maximum absolute atomic E-state index is 13.6. The highest BCUT2D eigenvalue weighted by atomic mass is 35.5. The SMILES string of the molecule is Cc1sc2nc(C)c3c(=O)n(-c4ccc(Cl)cc4)c(NC(C)C)nc3c2c1C. The highest BCUT2D eigenvalue weighted by molar-refractivity contribution is 7.18. The van der Waals surface area contributed by atoms with Crippen LogP contribution in [0.15, 0.2) is 29.1 Å². The Kier molecular flexibility index (Phi) is 4.63. The predicted octanol–water partition coefficient (Wildman–Crippen LogP) is 5.39. The van der Waals surface area contributed by atoms with Crippen LogP contribution in [0.1, 0.15) is 30.0 Å². The number of aromatic nitrogens is 3. The fourth-order valence-corrected chi connectivity index (χ4v) is 4.59. The molecular weight excluding hydrogens is 392 g/mol. The van der Waals surface area contributed by atoms with E-state index in [1.807, 2.05) is 32.9 Å². The second kappa shape index (κ2) is 6.87. The Morgan fingerprint density at radius 2 is 1.75 bits per heavy atom. The van der Waals surface area contributed by atoms with E-state index in [1.54, 1.807) is 28.0 Å². The summed E-state index contributed by atoms with van der Waals surface area (Å²) in [5, 5.41) is 5.47. The van der Waals surface area contributed by atoms with E-state index < -0.39 is 0 Å². The highest BCUT2D eigenvalue weighted by Crippen LogP contribution is 2.34. The van der Waals surface area contributed by atoms with Gasteiger partial charge in [-0.15, -0.1) is 11.3 Å². The molecule has 0 saturated heterocycles. The second-order valence-corrected chi connectivity index (χ2v) is 8.88. The fraction of sp³-hybridized carbons (Fsp3) is 0.286. The Morgan fingerprint density at radius 3 is 2.39 bits per heavy atom. The highest BCUT2D eigenvalue weighted by Gasteiger charge is 2.20. The van der Waals surface area contributed by atoms with E-state index in [-0.39, 0.29) is 11.6 Å². The van der Waals surface area contributed by atoms with Crippen molar-refractivity contribution < 1.29 is 0 Å². The minimum absolute atomic E-state index is 0.117. The average Bonchev–Trinajstić information content (AvgIpc) is 2.89. The van der Waals surface area contributed by atoms with Gasteiger partial charge >= 0.3 is 0 Å². The van der Waals surface area contributed by atoms with Crippen LogP contribution in [0.4, 0.5) is 5.95 Å². The molecule has 4 aromatic rings. The predicted molar refractivity (Wildman–Crippen MR) is 118 cm³/mol. The number of nitrogens with one attached hydrogen (secondary N) is 1. The number of hydrogen-bond donors (Lipinski definition) is 1. The molecule has 0 spiro atoms. The molecule has 0 fully saturated rings. The summed E-state index contributed by atoms with van der Waals surface area (Å²) in [7, 11) is 0. The number of halogens is 1. The summed E-state index contributed by atoms with van der Waals surface area (Å²) >= 11 is 7.68. The Morgan fingerprint density at radius 1 is 1.07 bits per heavy atom. The molecule has 0 bridgehead atoms. The van der Waals surface area contributed by atoms with Crippen molar-refractivity contribution in [3.05, 3.63) is 55.8 Å². The van der Waals surface area contributed by atoms with E-state index in [1.165, 1.54) is 4.88 Å². The number of nitrogens with zero attached hydrogens (tertiary/aromatic N) is 3. The molecule has 0 aliphatic carbocycles. The molecule has 7 heteroatoms. The molecule has 0 saturated carbocycles. The smallest absolute Gasteiger partial charge is 0.269 e. The van der Waals surface area contributed by atoms with E-state index in [0.29, 0.717) is 33.3 Å². The summed E-state index contributed by atoms with van der Waals surface area (Å²) in [6, 6.07) is 7.31. The number of fused-ring (bicyclic) bond motifs is 3. The summed E-state index contributed by atoms with van der Waals surface area (Å²) in [6.45, 7) is 10.1. The van der Waals surface area contributed by atoms with Gasteiger partial charge in [0.2, 0.25) is 5.95 Å². The number of anilines is 1. The Hall–Kier alpha value is -2.44. The molecule has 3 heterocycles. The number of pyridine rings is 1. The van der Waals surface area contributed by atoms with Gasteiger partial charge in [-0.3, -0.25) is 4.79 Å². The van der Waals surface area contributed by atoms with E-state index >= 15 is 0 Å². The van der Waals surface area contributed by atoms with Crippen molar-refractivity contribution in [1.82, 2.24) is 14.5 Å². The number of hydrogen-bond acceptors (Lipinski definition) is 5. The number of benzene rings is 1. The maximum Gasteiger partial charge on any atom is 0.269 e. The molecular formula is C21H21ClN4OS. The van der Waals surface area contributed by atoms with Crippen molar-refractivity contribution in [2.75, 3.05) is 5.32 Å². The normalized spacial score (nSPS) is 11.7. The Bertz CT molecular complexity index is 1270. The van der Waals surface area contributed by atoms with Gasteiger partial charge in [0.05, 0.1) is 22.3 Å². The first-order chi connectivity index (χ1) is 13.3. The molecule has 0 amide bonds. The van der Waals surface area contributed by atoms with Gasteiger partial charge in [-0.25, -0.2) is 14.5 Å². The van der Waals surface area contributed by atoms with E-state index in [9.17, 15) is 4.79 Å². The first-order valence-corrected chi connectivity index (χ1v) is 10.3. The molecule has 4 rings (SSSR count). The lowest BCUT2D eigenvalue weighted by Crippen LogP contribution is -2.26. The first-order valence-electron chi connectivity index (χ1n) is 9.13. The quantitative estimate of drug-likeness (QED) is 0.489. The molecule has 28 heavy (non-hydrogen) atoms. The Balaban J connectivity index is 2.17. The van der Waals surface area contributed by atoms with Crippen molar-refractivity contribution in [1.29, 1.82) is 0 Å². The summed E-state index contributed by atoms with van der Waals surface area (Å²) in [5.74, 6) is 0.518. The molecule has 0 aliphatic rings. The fourth-order valence-electron chi connectivity index (χ4n) is 3.39. The molecule has 0 unspecified atom stereocenters. The van der Waals surface area contributed by atoms with E-state index in [0.717, 1.165) is 15.8 Å². The van der Waals surface area contributed by atoms with Crippen LogP contribution in [0, 0.1) is 20.8 Å². The standard InChI is InChI=1S/C21H21ClN4OS/c1-10(2)23-21-25-18-16-11(3)13(5)28-19(16)24-12(4)17(18)20(27)26(21)15-8-6-14(22)7-9-15/h6-10H,1-5H3,(H,23,25). The van der Waals surface area contributed by atoms with Gasteiger partial charge in [-0.05, 0) is 64.4 Å². The third-order valence-corrected chi connectivity index (χ3v) is 6.17. The molecule has 3 aromatic heterocycles. The lowest BCUT2D eigenvalue weighted by molar-refractivity contribution is 0.845. The van der Waals surface area contributed by atoms with Crippen LogP contribution in [0.5, 0.6) is 0 Å². The largest absolute Gasteiger partial charge is 0.353 e. The van der Waals surface area contributed by atoms with Gasteiger partial charge in [0.15, 0.2) is 0 Å². The van der Waals surface area contributed by atoms with Crippen molar-refractivity contribution in [3.63, 3.8) is 0 Å². The van der Waals surface area contributed by atoms with Gasteiger partial charge < -0.3 is 5.32 Å². The molecule has 5 nitrogen and oxygen atoms in total. The van der Waals surface area contributed by atoms with Crippen LogP contribution in [0.25, 0.3) is 26.8 Å². The molecule has 0 aliphatic heterocycles. The zero-order valence-electron chi connectivity index (χ0n) is 16.4. The van der Waals surface area contributed by atoms with Crippen LogP contribution < -0.4 is 10.9 Å². The van der Waals surface area contributed by atoms with Crippen LogP contribution in [0.3, 0.4) is 0 Å². The minimum atomic E-state index is -0.134. The first kappa shape index (κ1) is 18.9. The topological polar surface area (TPSA) is 59.8 Å². The van der Waals surface area contributed by atoms with Gasteiger partial charge in [0.1, 0.15) is 4.83 Å². The number of aryl methyl sites for hydroxylation is 3. The molecule has 0 radical (unpaired) electrons. The molecule has 1 aromatic carbocycles. The van der Waals surface area contributed by atoms with Gasteiger partial charge in [-0.1, -0.05) is 11.6 Å². The zero-order chi connectivity index (χ0) is 20.2. The van der Waals surface area contributed by atoms with Crippen LogP contribution in [-0.4, -0.2) is 20.6 Å². The molecule has 144 valence electrons. The lowest BCUT2D eigenvalue weighted by atomic mass is 10.1. The van der Waals surface area contributed by atoms with Crippen molar-refractivity contribution in [2.24, 2.45) is 0 Å². The van der Waals surface area contributed by atoms with Crippen LogP contribution >= 0.6 is 22.9 Å². The Labute approximate surface area is 172 Å². The maximum atomic E-state index is 13.6. The van der Waals surface area contributed by atoms with E-state index in [4.69, 9.17) is 21.6 Å². The number of thiophene rings is 1. The minimum Gasteiger partial charge on any atom is -0.353 e. The summed E-state index contributed by atoms with van der Waals surface area (Å²) in [4.78, 5) is 25.4. The lowest BCUT2D eigenvalue weighted by Gasteiger charge is -2.18. The van der Waals surface area contributed by atoms with Gasteiger partial charge in [0.25, 0.3) is 5.56 Å². The molecule has 0 atom stereocenters. The zero-order valence-corrected chi connectivity index (χ0v) is 18.0. The van der Waals surface area contributed by atoms with Gasteiger partial charge in [0, 0.05) is 21.3 Å². The third-order valence-electron chi connectivity index (χ3n) is 4.82. The van der Waals surface area contributed by atoms with Crippen molar-refractivity contribution in [2.45, 2.75) is 40.7 Å². The summed E-state index contributed by atoms with van der Waals surface area (Å²) < 4.78 is 1.60. The number of rotatable bonds is 3. The summed E-state index contributed by atoms with van der Waals surface area (Å²) in [6.07, 6.45) is 0. The van der Waals surface area contributed by atoms with Crippen LogP contribution in [0.2, 0.25) is 5.02 Å². The van der Waals surface area contributed by atoms with Crippen molar-refractivity contribution >= 4 is 50.0 Å².